The molecule has 0 bridgehead atoms. The van der Waals surface area contributed by atoms with Crippen LogP contribution in [0.5, 0.6) is 0 Å². The maximum atomic E-state index is 13.2. The van der Waals surface area contributed by atoms with Crippen LogP contribution in [0, 0.1) is 0 Å². The molecule has 2 aromatic heterocycles. The number of thiophene rings is 1. The molecular weight excluding hydrogens is 488 g/mol. The van der Waals surface area contributed by atoms with E-state index in [1.165, 1.54) is 12.1 Å². The Hall–Kier alpha value is -3.17. The number of carbonyl (C=O) groups is 2. The Morgan fingerprint density at radius 3 is 2.39 bits per heavy atom. The van der Waals surface area contributed by atoms with Crippen LogP contribution in [0.25, 0.3) is 10.4 Å². The minimum absolute atomic E-state index is 0.295. The second kappa shape index (κ2) is 10.4. The third-order valence-electron chi connectivity index (χ3n) is 6.16. The number of hydrogen-bond acceptors (Lipinski definition) is 6. The minimum Gasteiger partial charge on any atom is -0.444 e. The largest absolute Gasteiger partial charge is 0.444 e. The number of rotatable bonds is 5. The third-order valence-corrected chi connectivity index (χ3v) is 10.2. The second-order valence-corrected chi connectivity index (χ2v) is 17.2. The van der Waals surface area contributed by atoms with E-state index in [2.05, 4.69) is 33.6 Å². The first-order chi connectivity index (χ1) is 17.0. The highest BCUT2D eigenvalue weighted by molar-refractivity contribution is 7.13. The average Bonchev–Trinajstić information content (AvgIpc) is 3.34. The van der Waals surface area contributed by atoms with Crippen LogP contribution in [0.2, 0.25) is 25.2 Å². The van der Waals surface area contributed by atoms with E-state index in [4.69, 9.17) is 4.74 Å². The predicted octanol–water partition coefficient (Wildman–Crippen LogP) is 6.94. The number of carbonyl (C=O) groups excluding carboxylic acids is 2. The van der Waals surface area contributed by atoms with Gasteiger partial charge < -0.3 is 15.0 Å². The fourth-order valence-corrected chi connectivity index (χ4v) is 6.73. The molecule has 190 valence electrons. The first-order valence-corrected chi connectivity index (χ1v) is 16.5. The highest BCUT2D eigenvalue weighted by Crippen LogP contribution is 2.32. The summed E-state index contributed by atoms with van der Waals surface area (Å²) in [5.74, 6) is 0.611. The van der Waals surface area contributed by atoms with Gasteiger partial charge in [-0.3, -0.25) is 10.1 Å². The summed E-state index contributed by atoms with van der Waals surface area (Å²) in [7, 11) is -1.06. The van der Waals surface area contributed by atoms with Crippen molar-refractivity contribution >= 4 is 48.6 Å². The van der Waals surface area contributed by atoms with Crippen LogP contribution in [0.4, 0.5) is 22.0 Å². The number of amides is 2. The van der Waals surface area contributed by atoms with Gasteiger partial charge in [0.05, 0.1) is 25.0 Å². The molecule has 1 aliphatic heterocycles. The number of ether oxygens (including phenoxy) is 1. The molecule has 1 fully saturated rings. The average molecular weight is 523 g/mol. The van der Waals surface area contributed by atoms with Crippen LogP contribution >= 0.6 is 11.3 Å². The van der Waals surface area contributed by atoms with Crippen molar-refractivity contribution in [3.05, 3.63) is 59.6 Å². The monoisotopic (exact) mass is 522 g/mol. The number of hydrogen-bond donors (Lipinski definition) is 2. The van der Waals surface area contributed by atoms with E-state index >= 15 is 0 Å². The Morgan fingerprint density at radius 2 is 1.78 bits per heavy atom. The summed E-state index contributed by atoms with van der Waals surface area (Å²) in [6.07, 6.45) is 1.03. The summed E-state index contributed by atoms with van der Waals surface area (Å²) in [4.78, 5) is 33.5. The lowest BCUT2D eigenvalue weighted by atomic mass is 10.1. The molecule has 3 heterocycles. The summed E-state index contributed by atoms with van der Waals surface area (Å²) in [5.41, 5.74) is 1.71. The summed E-state index contributed by atoms with van der Waals surface area (Å²) in [5, 5.41) is 7.72. The lowest BCUT2D eigenvalue weighted by molar-refractivity contribution is 0.0635. The van der Waals surface area contributed by atoms with Crippen molar-refractivity contribution in [3.8, 4) is 10.4 Å². The van der Waals surface area contributed by atoms with E-state index in [1.54, 1.807) is 50.4 Å². The van der Waals surface area contributed by atoms with Gasteiger partial charge in [-0.2, -0.15) is 0 Å². The topological polar surface area (TPSA) is 83.6 Å². The summed E-state index contributed by atoms with van der Waals surface area (Å²) < 4.78 is 5.40. The van der Waals surface area contributed by atoms with Gasteiger partial charge in [-0.05, 0) is 74.1 Å². The standard InChI is InChI=1S/C27H34N4O3SSi/c1-27(2,3)34-26(33)30-21-10-8-19(23-7-6-14-35-23)17-22(21)29-25(32)20-9-11-24(28-18-20)31-12-15-36(4,5)16-13-31/h6-11,14,17-18H,12-13,15-16H2,1-5H3,(H,29,32)(H,30,33). The molecule has 0 radical (unpaired) electrons. The number of nitrogens with zero attached hydrogens (tertiary/aromatic N) is 2. The molecule has 36 heavy (non-hydrogen) atoms. The molecule has 2 amide bonds. The number of anilines is 3. The molecular formula is C27H34N4O3SSi. The van der Waals surface area contributed by atoms with Gasteiger partial charge in [0.15, 0.2) is 0 Å². The molecule has 7 nitrogen and oxygen atoms in total. The smallest absolute Gasteiger partial charge is 0.412 e. The molecule has 0 spiro atoms. The molecule has 1 saturated heterocycles. The van der Waals surface area contributed by atoms with E-state index in [0.717, 1.165) is 29.3 Å². The van der Waals surface area contributed by atoms with Gasteiger partial charge in [-0.25, -0.2) is 9.78 Å². The minimum atomic E-state index is -1.06. The van der Waals surface area contributed by atoms with Crippen molar-refractivity contribution in [1.82, 2.24) is 4.98 Å². The molecule has 0 saturated carbocycles. The van der Waals surface area contributed by atoms with Crippen LogP contribution in [0.1, 0.15) is 31.1 Å². The molecule has 9 heteroatoms. The summed E-state index contributed by atoms with van der Waals surface area (Å²) in [6.45, 7) is 12.3. The number of benzene rings is 1. The Morgan fingerprint density at radius 1 is 1.03 bits per heavy atom. The number of nitrogens with one attached hydrogen (secondary N) is 2. The summed E-state index contributed by atoms with van der Waals surface area (Å²) >= 11 is 1.61. The second-order valence-electron chi connectivity index (χ2n) is 10.9. The fraction of sp³-hybridized carbons (Fsp3) is 0.370. The molecule has 0 atom stereocenters. The van der Waals surface area contributed by atoms with Crippen LogP contribution < -0.4 is 15.5 Å². The Kier molecular flexibility index (Phi) is 7.51. The van der Waals surface area contributed by atoms with E-state index in [9.17, 15) is 9.59 Å². The van der Waals surface area contributed by atoms with Gasteiger partial charge in [0.2, 0.25) is 0 Å². The van der Waals surface area contributed by atoms with Crippen molar-refractivity contribution < 1.29 is 14.3 Å². The molecule has 0 unspecified atom stereocenters. The Labute approximate surface area is 217 Å². The van der Waals surface area contributed by atoms with Crippen molar-refractivity contribution in [3.63, 3.8) is 0 Å². The zero-order chi connectivity index (χ0) is 25.9. The zero-order valence-electron chi connectivity index (χ0n) is 21.6. The van der Waals surface area contributed by atoms with Crippen LogP contribution in [0.15, 0.2) is 54.0 Å². The van der Waals surface area contributed by atoms with Crippen molar-refractivity contribution in [2.24, 2.45) is 0 Å². The quantitative estimate of drug-likeness (QED) is 0.355. The molecule has 4 rings (SSSR count). The van der Waals surface area contributed by atoms with Crippen LogP contribution in [-0.2, 0) is 4.74 Å². The summed E-state index contributed by atoms with van der Waals surface area (Å²) in [6, 6.07) is 15.8. The fourth-order valence-electron chi connectivity index (χ4n) is 4.01. The normalized spacial score (nSPS) is 15.3. The molecule has 3 aromatic rings. The Bertz CT molecular complexity index is 1210. The van der Waals surface area contributed by atoms with Gasteiger partial charge in [0.25, 0.3) is 5.91 Å². The zero-order valence-corrected chi connectivity index (χ0v) is 23.4. The van der Waals surface area contributed by atoms with Crippen molar-refractivity contribution in [1.29, 1.82) is 0 Å². The molecule has 2 N–H and O–H groups in total. The third kappa shape index (κ3) is 6.73. The predicted molar refractivity (Wildman–Crippen MR) is 151 cm³/mol. The van der Waals surface area contributed by atoms with E-state index in [0.29, 0.717) is 16.9 Å². The van der Waals surface area contributed by atoms with Crippen LogP contribution in [0.3, 0.4) is 0 Å². The van der Waals surface area contributed by atoms with E-state index in [-0.39, 0.29) is 5.91 Å². The van der Waals surface area contributed by atoms with Gasteiger partial charge in [-0.1, -0.05) is 25.2 Å². The highest BCUT2D eigenvalue weighted by atomic mass is 32.1. The van der Waals surface area contributed by atoms with Gasteiger partial charge in [0, 0.05) is 24.2 Å². The van der Waals surface area contributed by atoms with E-state index in [1.807, 2.05) is 35.7 Å². The maximum absolute atomic E-state index is 13.2. The lowest BCUT2D eigenvalue weighted by Crippen LogP contribution is -2.43. The lowest BCUT2D eigenvalue weighted by Gasteiger charge is -2.36. The van der Waals surface area contributed by atoms with Gasteiger partial charge in [-0.15, -0.1) is 11.3 Å². The molecule has 1 aliphatic rings. The SMILES string of the molecule is CC(C)(C)OC(=O)Nc1ccc(-c2cccs2)cc1NC(=O)c1ccc(N2CC[Si](C)(C)CC2)nc1. The first kappa shape index (κ1) is 25.9. The first-order valence-electron chi connectivity index (χ1n) is 12.2. The van der Waals surface area contributed by atoms with Crippen molar-refractivity contribution in [2.75, 3.05) is 28.6 Å². The molecule has 0 aliphatic carbocycles. The Balaban J connectivity index is 1.52. The van der Waals surface area contributed by atoms with Crippen LogP contribution in [-0.4, -0.2) is 43.7 Å². The van der Waals surface area contributed by atoms with E-state index < -0.39 is 19.8 Å². The van der Waals surface area contributed by atoms with Crippen molar-refractivity contribution in [2.45, 2.75) is 51.6 Å². The number of aromatic nitrogens is 1. The van der Waals surface area contributed by atoms with Gasteiger partial charge in [0.1, 0.15) is 11.4 Å². The maximum Gasteiger partial charge on any atom is 0.412 e. The highest BCUT2D eigenvalue weighted by Gasteiger charge is 2.28. The number of pyridine rings is 1. The molecule has 1 aromatic carbocycles. The van der Waals surface area contributed by atoms with Gasteiger partial charge >= 0.3 is 6.09 Å².